The van der Waals surface area contributed by atoms with Gasteiger partial charge in [0.05, 0.1) is 6.54 Å². The van der Waals surface area contributed by atoms with E-state index in [0.717, 1.165) is 4.47 Å². The molecule has 2 nitrogen and oxygen atoms in total. The highest BCUT2D eigenvalue weighted by molar-refractivity contribution is 9.10. The molecule has 0 radical (unpaired) electrons. The van der Waals surface area contributed by atoms with Crippen molar-refractivity contribution in [1.82, 2.24) is 4.90 Å². The highest BCUT2D eigenvalue weighted by Crippen LogP contribution is 2.20. The van der Waals surface area contributed by atoms with Gasteiger partial charge in [-0.3, -0.25) is 9.69 Å². The maximum atomic E-state index is 13.0. The van der Waals surface area contributed by atoms with Crippen molar-refractivity contribution in [2.45, 2.75) is 6.54 Å². The Morgan fingerprint density at radius 3 is 2.84 bits per heavy atom. The molecule has 0 atom stereocenters. The number of benzene rings is 1. The first-order valence-electron chi connectivity index (χ1n) is 5.75. The molecule has 0 spiro atoms. The van der Waals surface area contributed by atoms with E-state index in [0.29, 0.717) is 12.1 Å². The minimum Gasteiger partial charge on any atom is -0.294 e. The maximum absolute atomic E-state index is 13.0. The Balaban J connectivity index is 1.95. The van der Waals surface area contributed by atoms with Gasteiger partial charge < -0.3 is 0 Å². The first kappa shape index (κ1) is 14.4. The van der Waals surface area contributed by atoms with E-state index < -0.39 is 0 Å². The second kappa shape index (κ2) is 6.41. The third-order valence-electron chi connectivity index (χ3n) is 2.61. The second-order valence-corrected chi connectivity index (χ2v) is 6.25. The molecule has 1 aromatic heterocycles. The second-order valence-electron chi connectivity index (χ2n) is 4.34. The van der Waals surface area contributed by atoms with Crippen LogP contribution in [0.1, 0.15) is 15.2 Å². The van der Waals surface area contributed by atoms with Crippen molar-refractivity contribution in [1.29, 1.82) is 0 Å². The predicted octanol–water partition coefficient (Wildman–Crippen LogP) is 3.96. The van der Waals surface area contributed by atoms with E-state index in [9.17, 15) is 9.18 Å². The average Bonchev–Trinajstić information content (AvgIpc) is 2.74. The average molecular weight is 342 g/mol. The molecule has 0 bridgehead atoms. The molecule has 0 saturated carbocycles. The van der Waals surface area contributed by atoms with Crippen LogP contribution >= 0.6 is 27.3 Å². The van der Waals surface area contributed by atoms with Gasteiger partial charge in [-0.15, -0.1) is 11.3 Å². The fourth-order valence-electron chi connectivity index (χ4n) is 1.76. The summed E-state index contributed by atoms with van der Waals surface area (Å²) in [4.78, 5) is 15.1. The first-order valence-corrected chi connectivity index (χ1v) is 7.42. The van der Waals surface area contributed by atoms with Crippen LogP contribution in [0.4, 0.5) is 4.39 Å². The molecule has 0 aliphatic carbocycles. The van der Waals surface area contributed by atoms with Crippen LogP contribution in [0.2, 0.25) is 0 Å². The van der Waals surface area contributed by atoms with E-state index in [1.165, 1.54) is 17.0 Å². The fourth-order valence-corrected chi connectivity index (χ4v) is 3.29. The Kier molecular flexibility index (Phi) is 4.85. The number of thiophene rings is 1. The van der Waals surface area contributed by atoms with Crippen molar-refractivity contribution in [3.63, 3.8) is 0 Å². The van der Waals surface area contributed by atoms with Gasteiger partial charge in [0.25, 0.3) is 0 Å². The molecule has 0 unspecified atom stereocenters. The van der Waals surface area contributed by atoms with Crippen LogP contribution in [0.5, 0.6) is 0 Å². The predicted molar refractivity (Wildman–Crippen MR) is 79.1 cm³/mol. The highest BCUT2D eigenvalue weighted by Gasteiger charge is 2.11. The van der Waals surface area contributed by atoms with Crippen molar-refractivity contribution < 1.29 is 9.18 Å². The molecule has 0 amide bonds. The summed E-state index contributed by atoms with van der Waals surface area (Å²) in [6.07, 6.45) is 0. The largest absolute Gasteiger partial charge is 0.294 e. The van der Waals surface area contributed by atoms with Gasteiger partial charge in [0.15, 0.2) is 5.78 Å². The summed E-state index contributed by atoms with van der Waals surface area (Å²) in [5.74, 6) is -0.451. The molecule has 2 rings (SSSR count). The first-order chi connectivity index (χ1) is 9.04. The molecule has 0 saturated heterocycles. The standard InChI is InChI=1S/C14H13BrFNOS/c1-17(7-13-6-11(15)9-19-13)8-14(18)10-3-2-4-12(16)5-10/h2-6,9H,7-8H2,1H3. The van der Waals surface area contributed by atoms with E-state index in [1.807, 2.05) is 23.4 Å². The summed E-state index contributed by atoms with van der Waals surface area (Å²) >= 11 is 5.04. The zero-order valence-corrected chi connectivity index (χ0v) is 12.8. The van der Waals surface area contributed by atoms with Gasteiger partial charge >= 0.3 is 0 Å². The normalized spacial score (nSPS) is 10.9. The van der Waals surface area contributed by atoms with Crippen LogP contribution in [0, 0.1) is 5.82 Å². The lowest BCUT2D eigenvalue weighted by molar-refractivity contribution is 0.0943. The maximum Gasteiger partial charge on any atom is 0.176 e. The molecule has 5 heteroatoms. The van der Waals surface area contributed by atoms with Gasteiger partial charge in [-0.25, -0.2) is 4.39 Å². The number of ketones is 1. The monoisotopic (exact) mass is 341 g/mol. The molecule has 100 valence electrons. The number of nitrogens with zero attached hydrogens (tertiary/aromatic N) is 1. The molecule has 0 fully saturated rings. The number of hydrogen-bond acceptors (Lipinski definition) is 3. The van der Waals surface area contributed by atoms with E-state index in [1.54, 1.807) is 23.5 Å². The Morgan fingerprint density at radius 1 is 1.42 bits per heavy atom. The number of carbonyl (C=O) groups excluding carboxylic acids is 1. The Morgan fingerprint density at radius 2 is 2.21 bits per heavy atom. The van der Waals surface area contributed by atoms with Crippen LogP contribution in [0.3, 0.4) is 0 Å². The third-order valence-corrected chi connectivity index (χ3v) is 4.29. The van der Waals surface area contributed by atoms with Gasteiger partial charge in [-0.05, 0) is 41.2 Å². The fraction of sp³-hybridized carbons (Fsp3) is 0.214. The van der Waals surface area contributed by atoms with Gasteiger partial charge in [-0.2, -0.15) is 0 Å². The zero-order valence-electron chi connectivity index (χ0n) is 10.4. The lowest BCUT2D eigenvalue weighted by Crippen LogP contribution is -2.25. The summed E-state index contributed by atoms with van der Waals surface area (Å²) in [7, 11) is 1.88. The number of carbonyl (C=O) groups is 1. The van der Waals surface area contributed by atoms with E-state index in [4.69, 9.17) is 0 Å². The summed E-state index contributed by atoms with van der Waals surface area (Å²) in [5, 5.41) is 2.01. The summed E-state index contributed by atoms with van der Waals surface area (Å²) in [6, 6.07) is 7.84. The summed E-state index contributed by atoms with van der Waals surface area (Å²) in [5.41, 5.74) is 0.416. The van der Waals surface area contributed by atoms with Crippen molar-refractivity contribution in [2.24, 2.45) is 0 Å². The number of halogens is 2. The molecule has 0 aliphatic rings. The van der Waals surface area contributed by atoms with Gasteiger partial charge in [0.2, 0.25) is 0 Å². The van der Waals surface area contributed by atoms with Crippen LogP contribution in [-0.2, 0) is 6.54 Å². The number of likely N-dealkylation sites (N-methyl/N-ethyl adjacent to an activating group) is 1. The van der Waals surface area contributed by atoms with Crippen molar-refractivity contribution in [2.75, 3.05) is 13.6 Å². The number of Topliss-reactive ketones (excluding diaryl/α,β-unsaturated/α-hetero) is 1. The topological polar surface area (TPSA) is 20.3 Å². The van der Waals surface area contributed by atoms with Crippen molar-refractivity contribution in [3.05, 3.63) is 56.4 Å². The van der Waals surface area contributed by atoms with Gasteiger partial charge in [-0.1, -0.05) is 12.1 Å². The molecule has 0 N–H and O–H groups in total. The lowest BCUT2D eigenvalue weighted by Gasteiger charge is -2.14. The zero-order chi connectivity index (χ0) is 13.8. The molecule has 0 aliphatic heterocycles. The lowest BCUT2D eigenvalue weighted by atomic mass is 10.1. The summed E-state index contributed by atoms with van der Waals surface area (Å²) in [6.45, 7) is 0.982. The molecule has 1 aromatic carbocycles. The molecule has 1 heterocycles. The number of rotatable bonds is 5. The Hall–Kier alpha value is -1.04. The molecule has 19 heavy (non-hydrogen) atoms. The third kappa shape index (κ3) is 4.23. The summed E-state index contributed by atoms with van der Waals surface area (Å²) < 4.78 is 14.1. The SMILES string of the molecule is CN(CC(=O)c1cccc(F)c1)Cc1cc(Br)cs1. The van der Waals surface area contributed by atoms with Crippen LogP contribution < -0.4 is 0 Å². The van der Waals surface area contributed by atoms with Gasteiger partial charge in [0, 0.05) is 26.8 Å². The molecular formula is C14H13BrFNOS. The van der Waals surface area contributed by atoms with E-state index >= 15 is 0 Å². The minimum atomic E-state index is -0.379. The van der Waals surface area contributed by atoms with Crippen molar-refractivity contribution in [3.8, 4) is 0 Å². The highest BCUT2D eigenvalue weighted by atomic mass is 79.9. The smallest absolute Gasteiger partial charge is 0.176 e. The van der Waals surface area contributed by atoms with Crippen LogP contribution in [0.15, 0.2) is 40.2 Å². The molecule has 2 aromatic rings. The van der Waals surface area contributed by atoms with Gasteiger partial charge in [0.1, 0.15) is 5.82 Å². The van der Waals surface area contributed by atoms with Crippen molar-refractivity contribution >= 4 is 33.0 Å². The van der Waals surface area contributed by atoms with E-state index in [2.05, 4.69) is 15.9 Å². The number of hydrogen-bond donors (Lipinski definition) is 0. The Labute approximate surface area is 124 Å². The van der Waals surface area contributed by atoms with Crippen LogP contribution in [-0.4, -0.2) is 24.3 Å². The quantitative estimate of drug-likeness (QED) is 0.767. The minimum absolute atomic E-state index is 0.0716. The van der Waals surface area contributed by atoms with E-state index in [-0.39, 0.29) is 18.1 Å². The Bertz CT molecular complexity index is 584. The molecular weight excluding hydrogens is 329 g/mol. The van der Waals surface area contributed by atoms with Crippen LogP contribution in [0.25, 0.3) is 0 Å².